The van der Waals surface area contributed by atoms with Gasteiger partial charge >= 0.3 is 5.76 Å². The van der Waals surface area contributed by atoms with Crippen molar-refractivity contribution in [1.82, 2.24) is 9.97 Å². The molecule has 0 amide bonds. The summed E-state index contributed by atoms with van der Waals surface area (Å²) in [6.07, 6.45) is 2.45. The van der Waals surface area contributed by atoms with Gasteiger partial charge in [-0.2, -0.15) is 0 Å². The van der Waals surface area contributed by atoms with Crippen LogP contribution >= 0.6 is 0 Å². The number of fused-ring (bicyclic) bond motifs is 1. The number of hydrogen-bond acceptors (Lipinski definition) is 3. The van der Waals surface area contributed by atoms with Gasteiger partial charge in [0, 0.05) is 17.1 Å². The molecule has 18 heavy (non-hydrogen) atoms. The average molecular weight is 240 g/mol. The largest absolute Gasteiger partial charge is 0.417 e. The number of oxazole rings is 1. The smallest absolute Gasteiger partial charge is 0.408 e. The molecule has 0 atom stereocenters. The topological polar surface area (TPSA) is 58.9 Å². The van der Waals surface area contributed by atoms with Gasteiger partial charge in [-0.1, -0.05) is 25.1 Å². The Morgan fingerprint density at radius 2 is 2.11 bits per heavy atom. The molecule has 3 rings (SSSR count). The molecule has 0 aliphatic rings. The number of pyridine rings is 1. The molecule has 0 unspecified atom stereocenters. The predicted octanol–water partition coefficient (Wildman–Crippen LogP) is 2.75. The zero-order chi connectivity index (χ0) is 12.5. The fourth-order valence-corrected chi connectivity index (χ4v) is 2.12. The molecule has 0 saturated carbocycles. The third-order valence-corrected chi connectivity index (χ3v) is 2.97. The van der Waals surface area contributed by atoms with E-state index in [1.807, 2.05) is 37.3 Å². The summed E-state index contributed by atoms with van der Waals surface area (Å²) >= 11 is 0. The Hall–Kier alpha value is -2.36. The van der Waals surface area contributed by atoms with E-state index in [9.17, 15) is 4.79 Å². The first-order valence-corrected chi connectivity index (χ1v) is 5.85. The summed E-state index contributed by atoms with van der Waals surface area (Å²) in [6.45, 7) is 1.98. The van der Waals surface area contributed by atoms with Crippen molar-refractivity contribution < 1.29 is 4.42 Å². The molecule has 0 fully saturated rings. The number of rotatable bonds is 2. The molecule has 0 bridgehead atoms. The van der Waals surface area contributed by atoms with Crippen molar-refractivity contribution in [2.24, 2.45) is 0 Å². The van der Waals surface area contributed by atoms with Crippen LogP contribution in [0.1, 0.15) is 12.6 Å². The van der Waals surface area contributed by atoms with Crippen LogP contribution in [0.5, 0.6) is 0 Å². The van der Waals surface area contributed by atoms with Crippen molar-refractivity contribution in [1.29, 1.82) is 0 Å². The van der Waals surface area contributed by atoms with Crippen molar-refractivity contribution >= 4 is 10.9 Å². The maximum atomic E-state index is 11.3. The molecular weight excluding hydrogens is 228 g/mol. The summed E-state index contributed by atoms with van der Waals surface area (Å²) in [5.74, 6) is 0.198. The maximum absolute atomic E-state index is 11.3. The Kier molecular flexibility index (Phi) is 2.48. The highest BCUT2D eigenvalue weighted by atomic mass is 16.4. The molecule has 4 nitrogen and oxygen atoms in total. The number of para-hydroxylation sites is 1. The maximum Gasteiger partial charge on any atom is 0.417 e. The minimum Gasteiger partial charge on any atom is -0.408 e. The van der Waals surface area contributed by atoms with Crippen LogP contribution in [0.4, 0.5) is 0 Å². The van der Waals surface area contributed by atoms with Gasteiger partial charge in [0.25, 0.3) is 0 Å². The Bertz CT molecular complexity index is 750. The molecular formula is C14H12N2O2. The number of hydrogen-bond donors (Lipinski definition) is 1. The molecule has 2 aromatic heterocycles. The Morgan fingerprint density at radius 3 is 2.94 bits per heavy atom. The second-order valence-electron chi connectivity index (χ2n) is 4.05. The molecule has 0 radical (unpaired) electrons. The molecule has 0 aliphatic heterocycles. The van der Waals surface area contributed by atoms with E-state index in [-0.39, 0.29) is 0 Å². The summed E-state index contributed by atoms with van der Waals surface area (Å²) in [6, 6.07) is 9.67. The lowest BCUT2D eigenvalue weighted by Gasteiger charge is -2.04. The highest BCUT2D eigenvalue weighted by Crippen LogP contribution is 2.28. The van der Waals surface area contributed by atoms with Gasteiger partial charge in [-0.15, -0.1) is 0 Å². The number of nitrogens with zero attached hydrogens (tertiary/aromatic N) is 1. The van der Waals surface area contributed by atoms with E-state index in [0.29, 0.717) is 5.76 Å². The summed E-state index contributed by atoms with van der Waals surface area (Å²) in [5.41, 5.74) is 2.60. The van der Waals surface area contributed by atoms with Gasteiger partial charge < -0.3 is 4.42 Å². The molecule has 0 aliphatic carbocycles. The lowest BCUT2D eigenvalue weighted by molar-refractivity contribution is 0.528. The van der Waals surface area contributed by atoms with E-state index >= 15 is 0 Å². The average Bonchev–Trinajstić information content (AvgIpc) is 2.79. The third kappa shape index (κ3) is 1.62. The van der Waals surface area contributed by atoms with Gasteiger partial charge in [0.1, 0.15) is 0 Å². The van der Waals surface area contributed by atoms with Gasteiger partial charge in [-0.3, -0.25) is 9.97 Å². The first-order valence-electron chi connectivity index (χ1n) is 5.85. The third-order valence-electron chi connectivity index (χ3n) is 2.97. The number of H-pyrrole nitrogens is 1. The van der Waals surface area contributed by atoms with E-state index in [1.54, 1.807) is 6.20 Å². The van der Waals surface area contributed by atoms with Gasteiger partial charge in [-0.05, 0) is 18.6 Å². The molecule has 0 spiro atoms. The van der Waals surface area contributed by atoms with Crippen LogP contribution < -0.4 is 5.76 Å². The Morgan fingerprint density at radius 1 is 1.28 bits per heavy atom. The van der Waals surface area contributed by atoms with Crippen LogP contribution in [0.25, 0.3) is 22.2 Å². The van der Waals surface area contributed by atoms with Gasteiger partial charge in [0.2, 0.25) is 0 Å². The SMILES string of the molecule is CCc1[nH]c(=O)oc1-c1ccnc2ccccc12. The molecule has 4 heteroatoms. The summed E-state index contributed by atoms with van der Waals surface area (Å²) in [4.78, 5) is 18.4. The van der Waals surface area contributed by atoms with E-state index in [2.05, 4.69) is 9.97 Å². The van der Waals surface area contributed by atoms with Gasteiger partial charge in [0.15, 0.2) is 5.76 Å². The second-order valence-corrected chi connectivity index (χ2v) is 4.05. The van der Waals surface area contributed by atoms with Crippen LogP contribution in [-0.2, 0) is 6.42 Å². The number of aryl methyl sites for hydroxylation is 1. The van der Waals surface area contributed by atoms with Gasteiger partial charge in [0.05, 0.1) is 11.2 Å². The molecule has 90 valence electrons. The fourth-order valence-electron chi connectivity index (χ4n) is 2.12. The number of aromatic nitrogens is 2. The van der Waals surface area contributed by atoms with Gasteiger partial charge in [-0.25, -0.2) is 4.79 Å². The molecule has 1 aromatic carbocycles. The van der Waals surface area contributed by atoms with Crippen molar-refractivity contribution in [3.05, 3.63) is 52.8 Å². The second kappa shape index (κ2) is 4.14. The lowest BCUT2D eigenvalue weighted by atomic mass is 10.1. The quantitative estimate of drug-likeness (QED) is 0.749. The minimum absolute atomic E-state index is 0.414. The van der Waals surface area contributed by atoms with Crippen LogP contribution in [0.15, 0.2) is 45.7 Å². The van der Waals surface area contributed by atoms with E-state index < -0.39 is 5.76 Å². The predicted molar refractivity (Wildman–Crippen MR) is 69.4 cm³/mol. The Balaban J connectivity index is 2.34. The highest BCUT2D eigenvalue weighted by molar-refractivity contribution is 5.93. The summed E-state index contributed by atoms with van der Waals surface area (Å²) < 4.78 is 5.26. The number of benzene rings is 1. The number of aromatic amines is 1. The van der Waals surface area contributed by atoms with Crippen molar-refractivity contribution in [2.75, 3.05) is 0 Å². The summed E-state index contributed by atoms with van der Waals surface area (Å²) in [5, 5.41) is 0.984. The minimum atomic E-state index is -0.414. The monoisotopic (exact) mass is 240 g/mol. The first-order chi connectivity index (χ1) is 8.79. The highest BCUT2D eigenvalue weighted by Gasteiger charge is 2.13. The normalized spacial score (nSPS) is 10.9. The zero-order valence-electron chi connectivity index (χ0n) is 9.93. The van der Waals surface area contributed by atoms with Crippen LogP contribution in [0.2, 0.25) is 0 Å². The molecule has 3 aromatic rings. The Labute approximate surface area is 103 Å². The molecule has 0 saturated heterocycles. The zero-order valence-corrected chi connectivity index (χ0v) is 9.93. The first kappa shape index (κ1) is 10.8. The fraction of sp³-hybridized carbons (Fsp3) is 0.143. The van der Waals surface area contributed by atoms with E-state index in [4.69, 9.17) is 4.42 Å². The van der Waals surface area contributed by atoms with Crippen LogP contribution in [-0.4, -0.2) is 9.97 Å². The van der Waals surface area contributed by atoms with E-state index in [1.165, 1.54) is 0 Å². The lowest BCUT2D eigenvalue weighted by Crippen LogP contribution is -1.95. The van der Waals surface area contributed by atoms with Crippen molar-refractivity contribution in [3.63, 3.8) is 0 Å². The van der Waals surface area contributed by atoms with Crippen molar-refractivity contribution in [3.8, 4) is 11.3 Å². The van der Waals surface area contributed by atoms with E-state index in [0.717, 1.165) is 28.6 Å². The molecule has 2 heterocycles. The van der Waals surface area contributed by atoms with Crippen LogP contribution in [0, 0.1) is 0 Å². The van der Waals surface area contributed by atoms with Crippen LogP contribution in [0.3, 0.4) is 0 Å². The number of nitrogens with one attached hydrogen (secondary N) is 1. The summed E-state index contributed by atoms with van der Waals surface area (Å²) in [7, 11) is 0. The molecule has 1 N–H and O–H groups in total. The van der Waals surface area contributed by atoms with Crippen molar-refractivity contribution in [2.45, 2.75) is 13.3 Å². The standard InChI is InChI=1S/C14H12N2O2/c1-2-11-13(18-14(17)16-11)10-7-8-15-12-6-4-3-5-9(10)12/h3-8H,2H2,1H3,(H,16,17).